The second-order valence-electron chi connectivity index (χ2n) is 7.25. The van der Waals surface area contributed by atoms with Gasteiger partial charge in [-0.3, -0.25) is 10.1 Å². The van der Waals surface area contributed by atoms with Crippen molar-refractivity contribution >= 4 is 63.9 Å². The molecule has 0 atom stereocenters. The van der Waals surface area contributed by atoms with Gasteiger partial charge >= 0.3 is 0 Å². The lowest BCUT2D eigenvalue weighted by atomic mass is 10.1. The Hall–Kier alpha value is -2.80. The minimum atomic E-state index is -0.372. The van der Waals surface area contributed by atoms with Crippen molar-refractivity contribution < 1.29 is 9.21 Å². The van der Waals surface area contributed by atoms with Crippen molar-refractivity contribution in [3.8, 4) is 11.3 Å². The number of nitrogens with one attached hydrogen (secondary N) is 2. The Labute approximate surface area is 209 Å². The number of carbonyl (C=O) groups excluding carboxylic acids is 1. The van der Waals surface area contributed by atoms with E-state index >= 15 is 0 Å². The van der Waals surface area contributed by atoms with Crippen LogP contribution in [0.1, 0.15) is 25.2 Å². The molecular weight excluding hydrogens is 477 g/mol. The molecule has 0 saturated carbocycles. The lowest BCUT2D eigenvalue weighted by molar-refractivity contribution is -0.115. The van der Waals surface area contributed by atoms with Gasteiger partial charge in [-0.2, -0.15) is 0 Å². The van der Waals surface area contributed by atoms with Crippen molar-refractivity contribution in [2.75, 3.05) is 23.3 Å². The van der Waals surface area contributed by atoms with Gasteiger partial charge in [-0.25, -0.2) is 0 Å². The van der Waals surface area contributed by atoms with Crippen LogP contribution in [0.4, 0.5) is 11.4 Å². The first kappa shape index (κ1) is 24.8. The van der Waals surface area contributed by atoms with Gasteiger partial charge in [-0.15, -0.1) is 0 Å². The van der Waals surface area contributed by atoms with Crippen LogP contribution in [0.15, 0.2) is 59.0 Å². The SMILES string of the molecule is CCN(CC)c1ccc(NC(=S)NC(=O)C=Cc2ccc(-c3cccc(Cl)c3Cl)o2)c(C)c1. The van der Waals surface area contributed by atoms with E-state index < -0.39 is 0 Å². The molecule has 0 saturated heterocycles. The highest BCUT2D eigenvalue weighted by Crippen LogP contribution is 2.34. The first-order chi connectivity index (χ1) is 15.8. The van der Waals surface area contributed by atoms with Crippen molar-refractivity contribution in [2.24, 2.45) is 0 Å². The maximum atomic E-state index is 12.3. The van der Waals surface area contributed by atoms with E-state index in [1.807, 2.05) is 25.1 Å². The van der Waals surface area contributed by atoms with Crippen LogP contribution in [0.2, 0.25) is 10.0 Å². The normalized spacial score (nSPS) is 10.9. The summed E-state index contributed by atoms with van der Waals surface area (Å²) in [5.74, 6) is 0.685. The topological polar surface area (TPSA) is 57.5 Å². The number of carbonyl (C=O) groups is 1. The summed E-state index contributed by atoms with van der Waals surface area (Å²) < 4.78 is 5.76. The molecule has 0 spiro atoms. The molecule has 172 valence electrons. The molecule has 33 heavy (non-hydrogen) atoms. The van der Waals surface area contributed by atoms with E-state index in [2.05, 4.69) is 35.4 Å². The maximum absolute atomic E-state index is 12.3. The zero-order chi connectivity index (χ0) is 24.0. The summed E-state index contributed by atoms with van der Waals surface area (Å²) in [7, 11) is 0. The predicted molar refractivity (Wildman–Crippen MR) is 142 cm³/mol. The molecule has 8 heteroatoms. The molecule has 0 aliphatic carbocycles. The second kappa shape index (κ2) is 11.4. The number of rotatable bonds is 7. The van der Waals surface area contributed by atoms with Crippen molar-refractivity contribution in [2.45, 2.75) is 20.8 Å². The van der Waals surface area contributed by atoms with Crippen LogP contribution in [0.3, 0.4) is 0 Å². The van der Waals surface area contributed by atoms with E-state index in [0.717, 1.165) is 30.0 Å². The van der Waals surface area contributed by atoms with Gasteiger partial charge in [0.25, 0.3) is 0 Å². The Morgan fingerprint density at radius 1 is 1.12 bits per heavy atom. The van der Waals surface area contributed by atoms with Crippen molar-refractivity contribution in [1.29, 1.82) is 0 Å². The van der Waals surface area contributed by atoms with Gasteiger partial charge in [-0.1, -0.05) is 29.3 Å². The van der Waals surface area contributed by atoms with Gasteiger partial charge in [0.2, 0.25) is 5.91 Å². The highest BCUT2D eigenvalue weighted by Gasteiger charge is 2.11. The average molecular weight is 502 g/mol. The highest BCUT2D eigenvalue weighted by atomic mass is 35.5. The Kier molecular flexibility index (Phi) is 8.55. The molecule has 0 unspecified atom stereocenters. The number of benzene rings is 2. The highest BCUT2D eigenvalue weighted by molar-refractivity contribution is 7.80. The lowest BCUT2D eigenvalue weighted by Gasteiger charge is -2.22. The monoisotopic (exact) mass is 501 g/mol. The number of aryl methyl sites for hydroxylation is 1. The minimum absolute atomic E-state index is 0.217. The van der Waals surface area contributed by atoms with Crippen LogP contribution < -0.4 is 15.5 Å². The summed E-state index contributed by atoms with van der Waals surface area (Å²) in [6.07, 6.45) is 2.91. The number of furan rings is 1. The van der Waals surface area contributed by atoms with Gasteiger partial charge < -0.3 is 14.6 Å². The van der Waals surface area contributed by atoms with E-state index in [-0.39, 0.29) is 11.0 Å². The third-order valence-electron chi connectivity index (χ3n) is 5.07. The number of hydrogen-bond donors (Lipinski definition) is 2. The van der Waals surface area contributed by atoms with Crippen LogP contribution in [-0.4, -0.2) is 24.1 Å². The summed E-state index contributed by atoms with van der Waals surface area (Å²) >= 11 is 17.6. The van der Waals surface area contributed by atoms with Crippen LogP contribution >= 0.6 is 35.4 Å². The number of nitrogens with zero attached hydrogens (tertiary/aromatic N) is 1. The summed E-state index contributed by atoms with van der Waals surface area (Å²) in [6.45, 7) is 8.12. The van der Waals surface area contributed by atoms with E-state index in [1.54, 1.807) is 30.3 Å². The van der Waals surface area contributed by atoms with Crippen molar-refractivity contribution in [3.05, 3.63) is 76.0 Å². The molecular formula is C25H25Cl2N3O2S. The molecule has 5 nitrogen and oxygen atoms in total. The summed E-state index contributed by atoms with van der Waals surface area (Å²) in [5, 5.41) is 6.80. The van der Waals surface area contributed by atoms with E-state index in [9.17, 15) is 4.79 Å². The largest absolute Gasteiger partial charge is 0.457 e. The second-order valence-corrected chi connectivity index (χ2v) is 8.45. The first-order valence-electron chi connectivity index (χ1n) is 10.5. The molecule has 3 aromatic rings. The van der Waals surface area contributed by atoms with Gasteiger partial charge in [0.15, 0.2) is 5.11 Å². The predicted octanol–water partition coefficient (Wildman–Crippen LogP) is 6.93. The average Bonchev–Trinajstić information content (AvgIpc) is 3.25. The molecule has 1 amide bonds. The van der Waals surface area contributed by atoms with Gasteiger partial charge in [0.05, 0.1) is 10.0 Å². The van der Waals surface area contributed by atoms with E-state index in [1.165, 1.54) is 6.08 Å². The van der Waals surface area contributed by atoms with Crippen molar-refractivity contribution in [3.63, 3.8) is 0 Å². The molecule has 2 N–H and O–H groups in total. The zero-order valence-electron chi connectivity index (χ0n) is 18.6. The Bertz CT molecular complexity index is 1190. The third-order valence-corrected chi connectivity index (χ3v) is 6.09. The number of amides is 1. The van der Waals surface area contributed by atoms with Crippen LogP contribution in [-0.2, 0) is 4.79 Å². The standard InChI is InChI=1S/C25H25Cl2N3O2S/c1-4-30(5-2)17-9-12-21(16(3)15-17)28-25(33)29-23(31)14-11-18-10-13-22(32-18)19-7-6-8-20(26)24(19)27/h6-15H,4-5H2,1-3H3,(H2,28,29,31,33). The summed E-state index contributed by atoms with van der Waals surface area (Å²) in [5.41, 5.74) is 3.71. The smallest absolute Gasteiger partial charge is 0.250 e. The van der Waals surface area contributed by atoms with Crippen LogP contribution in [0.5, 0.6) is 0 Å². The quantitative estimate of drug-likeness (QED) is 0.271. The molecule has 0 radical (unpaired) electrons. The van der Waals surface area contributed by atoms with Crippen molar-refractivity contribution in [1.82, 2.24) is 5.32 Å². The van der Waals surface area contributed by atoms with Gasteiger partial charge in [-0.05, 0) is 87.1 Å². The maximum Gasteiger partial charge on any atom is 0.250 e. The molecule has 1 heterocycles. The molecule has 3 rings (SSSR count). The fourth-order valence-electron chi connectivity index (χ4n) is 3.32. The van der Waals surface area contributed by atoms with E-state index in [4.69, 9.17) is 39.8 Å². The molecule has 0 aliphatic rings. The molecule has 2 aromatic carbocycles. The molecule has 0 aliphatic heterocycles. The van der Waals surface area contributed by atoms with Crippen LogP contribution in [0, 0.1) is 6.92 Å². The van der Waals surface area contributed by atoms with E-state index in [0.29, 0.717) is 27.1 Å². The lowest BCUT2D eigenvalue weighted by Crippen LogP contribution is -2.33. The molecule has 0 fully saturated rings. The summed E-state index contributed by atoms with van der Waals surface area (Å²) in [6, 6.07) is 14.9. The molecule has 0 bridgehead atoms. The van der Waals surface area contributed by atoms with Gasteiger partial charge in [0, 0.05) is 36.1 Å². The fourth-order valence-corrected chi connectivity index (χ4v) is 3.92. The zero-order valence-corrected chi connectivity index (χ0v) is 20.9. The Morgan fingerprint density at radius 2 is 1.88 bits per heavy atom. The number of thiocarbonyl (C=S) groups is 1. The van der Waals surface area contributed by atoms with Gasteiger partial charge in [0.1, 0.15) is 11.5 Å². The fraction of sp³-hybridized carbons (Fsp3) is 0.200. The number of halogens is 2. The molecule has 1 aromatic heterocycles. The third kappa shape index (κ3) is 6.38. The van der Waals surface area contributed by atoms with Crippen LogP contribution in [0.25, 0.3) is 17.4 Å². The minimum Gasteiger partial charge on any atom is -0.457 e. The Morgan fingerprint density at radius 3 is 2.58 bits per heavy atom. The first-order valence-corrected chi connectivity index (χ1v) is 11.7. The number of hydrogen-bond acceptors (Lipinski definition) is 4. The number of anilines is 2. The summed E-state index contributed by atoms with van der Waals surface area (Å²) in [4.78, 5) is 14.6. The Balaban J connectivity index is 1.59.